The van der Waals surface area contributed by atoms with E-state index in [-0.39, 0.29) is 5.91 Å². The van der Waals surface area contributed by atoms with Gasteiger partial charge < -0.3 is 9.64 Å². The number of ether oxygens (including phenoxy) is 1. The average molecular weight is 324 g/mol. The van der Waals surface area contributed by atoms with Gasteiger partial charge >= 0.3 is 0 Å². The third kappa shape index (κ3) is 3.44. The standard InChI is InChI=1S/C20H24N2O2/c1-3-21(4-2)15-16-9-11-17(12-10-16)20(23)22-13-14-24-19-8-6-5-7-18(19)22/h5-12H,3-4,13-15H2,1-2H3. The lowest BCUT2D eigenvalue weighted by Gasteiger charge is -2.29. The van der Waals surface area contributed by atoms with Crippen LogP contribution in [-0.2, 0) is 6.54 Å². The van der Waals surface area contributed by atoms with E-state index in [1.54, 1.807) is 4.90 Å². The predicted octanol–water partition coefficient (Wildman–Crippen LogP) is 3.57. The number of carbonyl (C=O) groups excluding carboxylic acids is 1. The van der Waals surface area contributed by atoms with Gasteiger partial charge in [-0.05, 0) is 42.9 Å². The quantitative estimate of drug-likeness (QED) is 0.843. The highest BCUT2D eigenvalue weighted by molar-refractivity contribution is 6.07. The van der Waals surface area contributed by atoms with Crippen molar-refractivity contribution < 1.29 is 9.53 Å². The minimum atomic E-state index is 0.0279. The lowest BCUT2D eigenvalue weighted by atomic mass is 10.1. The molecule has 1 amide bonds. The first kappa shape index (κ1) is 16.5. The van der Waals surface area contributed by atoms with Gasteiger partial charge in [0.25, 0.3) is 5.91 Å². The fraction of sp³-hybridized carbons (Fsp3) is 0.350. The first-order valence-corrected chi connectivity index (χ1v) is 8.58. The number of amides is 1. The van der Waals surface area contributed by atoms with E-state index in [1.165, 1.54) is 5.56 Å². The molecule has 0 aromatic heterocycles. The van der Waals surface area contributed by atoms with Gasteiger partial charge in [-0.15, -0.1) is 0 Å². The van der Waals surface area contributed by atoms with Gasteiger partial charge in [0.1, 0.15) is 12.4 Å². The summed E-state index contributed by atoms with van der Waals surface area (Å²) >= 11 is 0. The largest absolute Gasteiger partial charge is 0.490 e. The Balaban J connectivity index is 1.77. The molecule has 0 fully saturated rings. The minimum absolute atomic E-state index is 0.0279. The zero-order chi connectivity index (χ0) is 16.9. The zero-order valence-electron chi connectivity index (χ0n) is 14.4. The molecule has 2 aromatic carbocycles. The van der Waals surface area contributed by atoms with E-state index in [0.717, 1.165) is 36.6 Å². The highest BCUT2D eigenvalue weighted by Gasteiger charge is 2.24. The molecule has 24 heavy (non-hydrogen) atoms. The average Bonchev–Trinajstić information content (AvgIpc) is 2.65. The van der Waals surface area contributed by atoms with Crippen LogP contribution in [0.2, 0.25) is 0 Å². The van der Waals surface area contributed by atoms with Gasteiger partial charge in [0.15, 0.2) is 0 Å². The van der Waals surface area contributed by atoms with Crippen LogP contribution < -0.4 is 9.64 Å². The van der Waals surface area contributed by atoms with Crippen molar-refractivity contribution in [2.45, 2.75) is 20.4 Å². The number of rotatable bonds is 5. The Morgan fingerprint density at radius 2 is 1.79 bits per heavy atom. The third-order valence-electron chi connectivity index (χ3n) is 4.48. The summed E-state index contributed by atoms with van der Waals surface area (Å²) in [5.41, 5.74) is 2.80. The minimum Gasteiger partial charge on any atom is -0.490 e. The van der Waals surface area contributed by atoms with E-state index in [4.69, 9.17) is 4.74 Å². The van der Waals surface area contributed by atoms with Crippen LogP contribution in [0, 0.1) is 0 Å². The summed E-state index contributed by atoms with van der Waals surface area (Å²) < 4.78 is 5.63. The summed E-state index contributed by atoms with van der Waals surface area (Å²) in [5, 5.41) is 0. The second-order valence-electron chi connectivity index (χ2n) is 5.93. The van der Waals surface area contributed by atoms with Crippen LogP contribution >= 0.6 is 0 Å². The van der Waals surface area contributed by atoms with E-state index in [9.17, 15) is 4.79 Å². The van der Waals surface area contributed by atoms with Crippen LogP contribution in [0.1, 0.15) is 29.8 Å². The second kappa shape index (κ2) is 7.49. The Morgan fingerprint density at radius 3 is 2.50 bits per heavy atom. The van der Waals surface area contributed by atoms with Crippen molar-refractivity contribution in [3.8, 4) is 5.75 Å². The Hall–Kier alpha value is -2.33. The number of para-hydroxylation sites is 2. The Morgan fingerprint density at radius 1 is 1.08 bits per heavy atom. The Bertz CT molecular complexity index is 693. The molecule has 4 heteroatoms. The van der Waals surface area contributed by atoms with E-state index >= 15 is 0 Å². The summed E-state index contributed by atoms with van der Waals surface area (Å²) in [6.45, 7) is 8.42. The normalized spacial score (nSPS) is 13.5. The van der Waals surface area contributed by atoms with Crippen molar-refractivity contribution in [3.63, 3.8) is 0 Å². The molecule has 1 aliphatic heterocycles. The van der Waals surface area contributed by atoms with Crippen LogP contribution in [0.25, 0.3) is 0 Å². The number of hydrogen-bond donors (Lipinski definition) is 0. The molecule has 126 valence electrons. The maximum atomic E-state index is 12.9. The molecular weight excluding hydrogens is 300 g/mol. The second-order valence-corrected chi connectivity index (χ2v) is 5.93. The fourth-order valence-electron chi connectivity index (χ4n) is 2.99. The summed E-state index contributed by atoms with van der Waals surface area (Å²) in [6.07, 6.45) is 0. The van der Waals surface area contributed by atoms with Crippen molar-refractivity contribution in [1.82, 2.24) is 4.90 Å². The molecular formula is C20H24N2O2. The van der Waals surface area contributed by atoms with Gasteiger partial charge in [0, 0.05) is 12.1 Å². The molecule has 2 aromatic rings. The van der Waals surface area contributed by atoms with Crippen molar-refractivity contribution >= 4 is 11.6 Å². The van der Waals surface area contributed by atoms with Crippen LogP contribution in [0.3, 0.4) is 0 Å². The highest BCUT2D eigenvalue weighted by Crippen LogP contribution is 2.31. The zero-order valence-corrected chi connectivity index (χ0v) is 14.4. The van der Waals surface area contributed by atoms with Gasteiger partial charge in [-0.3, -0.25) is 9.69 Å². The molecule has 0 aliphatic carbocycles. The Labute approximate surface area is 143 Å². The number of carbonyl (C=O) groups is 1. The predicted molar refractivity (Wildman–Crippen MR) is 96.7 cm³/mol. The van der Waals surface area contributed by atoms with Gasteiger partial charge in [0.2, 0.25) is 0 Å². The SMILES string of the molecule is CCN(CC)Cc1ccc(C(=O)N2CCOc3ccccc32)cc1. The maximum absolute atomic E-state index is 12.9. The number of nitrogens with zero attached hydrogens (tertiary/aromatic N) is 2. The molecule has 0 saturated carbocycles. The van der Waals surface area contributed by atoms with Gasteiger partial charge in [-0.1, -0.05) is 38.1 Å². The van der Waals surface area contributed by atoms with E-state index in [0.29, 0.717) is 13.2 Å². The number of hydrogen-bond acceptors (Lipinski definition) is 3. The molecule has 1 aliphatic rings. The Kier molecular flexibility index (Phi) is 5.16. The van der Waals surface area contributed by atoms with Crippen LogP contribution in [0.15, 0.2) is 48.5 Å². The molecule has 0 bridgehead atoms. The lowest BCUT2D eigenvalue weighted by molar-refractivity contribution is 0.0976. The summed E-state index contributed by atoms with van der Waals surface area (Å²) in [5.74, 6) is 0.801. The molecule has 0 saturated heterocycles. The van der Waals surface area contributed by atoms with Gasteiger partial charge in [-0.2, -0.15) is 0 Å². The third-order valence-corrected chi connectivity index (χ3v) is 4.48. The van der Waals surface area contributed by atoms with Gasteiger partial charge in [-0.25, -0.2) is 0 Å². The molecule has 0 N–H and O–H groups in total. The molecule has 0 spiro atoms. The molecule has 0 radical (unpaired) electrons. The lowest BCUT2D eigenvalue weighted by Crippen LogP contribution is -2.37. The molecule has 3 rings (SSSR count). The fourth-order valence-corrected chi connectivity index (χ4v) is 2.99. The monoisotopic (exact) mass is 324 g/mol. The van der Waals surface area contributed by atoms with Crippen LogP contribution in [-0.4, -0.2) is 37.0 Å². The number of benzene rings is 2. The topological polar surface area (TPSA) is 32.8 Å². The number of fused-ring (bicyclic) bond motifs is 1. The molecule has 4 nitrogen and oxygen atoms in total. The molecule has 1 heterocycles. The van der Waals surface area contributed by atoms with E-state index < -0.39 is 0 Å². The van der Waals surface area contributed by atoms with Crippen molar-refractivity contribution in [1.29, 1.82) is 0 Å². The summed E-state index contributed by atoms with van der Waals surface area (Å²) in [7, 11) is 0. The highest BCUT2D eigenvalue weighted by atomic mass is 16.5. The summed E-state index contributed by atoms with van der Waals surface area (Å²) in [6, 6.07) is 15.7. The molecule has 0 atom stereocenters. The van der Waals surface area contributed by atoms with E-state index in [2.05, 4.69) is 30.9 Å². The van der Waals surface area contributed by atoms with Gasteiger partial charge in [0.05, 0.1) is 12.2 Å². The smallest absolute Gasteiger partial charge is 0.258 e. The van der Waals surface area contributed by atoms with Crippen molar-refractivity contribution in [2.24, 2.45) is 0 Å². The van der Waals surface area contributed by atoms with Crippen molar-refractivity contribution in [3.05, 3.63) is 59.7 Å². The number of anilines is 1. The first-order valence-electron chi connectivity index (χ1n) is 8.58. The summed E-state index contributed by atoms with van der Waals surface area (Å²) in [4.78, 5) is 17.0. The first-order chi connectivity index (χ1) is 11.7. The van der Waals surface area contributed by atoms with Crippen molar-refractivity contribution in [2.75, 3.05) is 31.1 Å². The van der Waals surface area contributed by atoms with Crippen LogP contribution in [0.4, 0.5) is 5.69 Å². The molecule has 0 unspecified atom stereocenters. The van der Waals surface area contributed by atoms with E-state index in [1.807, 2.05) is 36.4 Å². The maximum Gasteiger partial charge on any atom is 0.258 e. The van der Waals surface area contributed by atoms with Crippen LogP contribution in [0.5, 0.6) is 5.75 Å².